The Kier molecular flexibility index (Phi) is 3.59. The molecule has 0 N–H and O–H groups in total. The number of hydrogen-bond acceptors (Lipinski definition) is 8. The third-order valence-corrected chi connectivity index (χ3v) is 3.06. The summed E-state index contributed by atoms with van der Waals surface area (Å²) in [6.45, 7) is 0. The van der Waals surface area contributed by atoms with Crippen molar-refractivity contribution in [1.29, 1.82) is 0 Å². The summed E-state index contributed by atoms with van der Waals surface area (Å²) in [5, 5.41) is 18.1. The highest BCUT2D eigenvalue weighted by molar-refractivity contribution is 5.90. The van der Waals surface area contributed by atoms with Gasteiger partial charge in [-0.3, -0.25) is 10.1 Å². The molecule has 3 aromatic rings. The molecular weight excluding hydrogens is 306 g/mol. The Morgan fingerprint density at radius 3 is 2.48 bits per heavy atom. The molecule has 0 saturated heterocycles. The molecule has 3 rings (SSSR count). The number of hydrogen-bond donors (Lipinski definition) is 0. The minimum Gasteiger partial charge on any atom is -0.465 e. The number of carbonyl (C=O) groups excluding carboxylic acids is 1. The topological polar surface area (TPSA) is 118 Å². The van der Waals surface area contributed by atoms with Crippen LogP contribution < -0.4 is 4.74 Å². The quantitative estimate of drug-likeness (QED) is 0.409. The predicted molar refractivity (Wildman–Crippen MR) is 76.3 cm³/mol. The van der Waals surface area contributed by atoms with Gasteiger partial charge in [-0.1, -0.05) is 0 Å². The van der Waals surface area contributed by atoms with E-state index >= 15 is 0 Å². The maximum Gasteiger partial charge on any atom is 0.337 e. The van der Waals surface area contributed by atoms with Gasteiger partial charge in [0.25, 0.3) is 0 Å². The van der Waals surface area contributed by atoms with E-state index in [9.17, 15) is 14.9 Å². The van der Waals surface area contributed by atoms with Gasteiger partial charge in [-0.2, -0.15) is 0 Å². The van der Waals surface area contributed by atoms with Crippen LogP contribution in [0.5, 0.6) is 11.5 Å². The van der Waals surface area contributed by atoms with E-state index in [0.717, 1.165) is 0 Å². The molecular formula is C14H9N3O6. The first-order valence-corrected chi connectivity index (χ1v) is 6.36. The normalized spacial score (nSPS) is 10.5. The van der Waals surface area contributed by atoms with Crippen LogP contribution in [0, 0.1) is 10.1 Å². The minimum absolute atomic E-state index is 0.00122. The summed E-state index contributed by atoms with van der Waals surface area (Å²) in [6.07, 6.45) is 0. The lowest BCUT2D eigenvalue weighted by Crippen LogP contribution is -2.00. The van der Waals surface area contributed by atoms with E-state index in [-0.39, 0.29) is 22.5 Å². The third kappa shape index (κ3) is 2.67. The number of carbonyl (C=O) groups is 1. The molecule has 0 spiro atoms. The first-order chi connectivity index (χ1) is 11.1. The van der Waals surface area contributed by atoms with Gasteiger partial charge >= 0.3 is 11.7 Å². The van der Waals surface area contributed by atoms with Crippen molar-refractivity contribution in [3.63, 3.8) is 0 Å². The van der Waals surface area contributed by atoms with E-state index in [1.165, 1.54) is 31.4 Å². The molecule has 9 heteroatoms. The number of rotatable bonds is 4. The predicted octanol–water partition coefficient (Wildman–Crippen LogP) is 2.71. The van der Waals surface area contributed by atoms with Crippen LogP contribution in [-0.2, 0) is 4.74 Å². The maximum atomic E-state index is 11.4. The number of benzene rings is 2. The fraction of sp³-hybridized carbons (Fsp3) is 0.0714. The van der Waals surface area contributed by atoms with Gasteiger partial charge in [0, 0.05) is 6.07 Å². The largest absolute Gasteiger partial charge is 0.465 e. The number of esters is 1. The second kappa shape index (κ2) is 5.72. The summed E-state index contributed by atoms with van der Waals surface area (Å²) >= 11 is 0. The molecule has 0 saturated carbocycles. The molecule has 2 aromatic carbocycles. The van der Waals surface area contributed by atoms with Crippen molar-refractivity contribution in [2.45, 2.75) is 0 Å². The summed E-state index contributed by atoms with van der Waals surface area (Å²) in [7, 11) is 1.29. The van der Waals surface area contributed by atoms with Crippen LogP contribution >= 0.6 is 0 Å². The van der Waals surface area contributed by atoms with Crippen LogP contribution in [0.3, 0.4) is 0 Å². The van der Waals surface area contributed by atoms with Crippen molar-refractivity contribution in [1.82, 2.24) is 10.3 Å². The molecule has 0 aliphatic carbocycles. The molecule has 0 aliphatic rings. The average molecular weight is 315 g/mol. The van der Waals surface area contributed by atoms with Crippen molar-refractivity contribution >= 4 is 22.7 Å². The van der Waals surface area contributed by atoms with Gasteiger partial charge in [0.1, 0.15) is 5.75 Å². The highest BCUT2D eigenvalue weighted by Crippen LogP contribution is 2.33. The van der Waals surface area contributed by atoms with Crippen molar-refractivity contribution in [2.24, 2.45) is 0 Å². The Morgan fingerprint density at radius 1 is 1.13 bits per heavy atom. The lowest BCUT2D eigenvalue weighted by molar-refractivity contribution is -0.383. The van der Waals surface area contributed by atoms with Crippen LogP contribution in [0.15, 0.2) is 41.0 Å². The Morgan fingerprint density at radius 2 is 1.83 bits per heavy atom. The van der Waals surface area contributed by atoms with E-state index in [2.05, 4.69) is 19.7 Å². The number of non-ortho nitro benzene ring substituents is 1. The molecule has 1 aromatic heterocycles. The van der Waals surface area contributed by atoms with E-state index in [1.54, 1.807) is 12.1 Å². The lowest BCUT2D eigenvalue weighted by atomic mass is 10.2. The summed E-state index contributed by atoms with van der Waals surface area (Å²) in [4.78, 5) is 21.7. The van der Waals surface area contributed by atoms with Crippen molar-refractivity contribution in [3.05, 3.63) is 52.1 Å². The molecule has 1 heterocycles. The molecule has 0 aliphatic heterocycles. The highest BCUT2D eigenvalue weighted by atomic mass is 16.6. The summed E-state index contributed by atoms with van der Waals surface area (Å²) in [6, 6.07) is 8.85. The highest BCUT2D eigenvalue weighted by Gasteiger charge is 2.20. The molecule has 116 valence electrons. The summed E-state index contributed by atoms with van der Waals surface area (Å²) in [5.74, 6) is 0.198. The van der Waals surface area contributed by atoms with Crippen LogP contribution in [0.1, 0.15) is 10.4 Å². The van der Waals surface area contributed by atoms with Gasteiger partial charge < -0.3 is 9.47 Å². The molecule has 0 amide bonds. The van der Waals surface area contributed by atoms with Gasteiger partial charge in [-0.05, 0) is 40.6 Å². The molecule has 9 nitrogen and oxygen atoms in total. The monoisotopic (exact) mass is 315 g/mol. The molecule has 0 unspecified atom stereocenters. The standard InChI is InChI=1S/C14H9N3O6/c1-21-14(18)8-2-4-9(5-3-8)22-11-7-6-10(17(19)20)12-13(11)16-23-15-12/h2-7H,1H3. The second-order valence-electron chi connectivity index (χ2n) is 4.42. The zero-order chi connectivity index (χ0) is 16.4. The van der Waals surface area contributed by atoms with Crippen molar-refractivity contribution < 1.29 is 23.8 Å². The second-order valence-corrected chi connectivity index (χ2v) is 4.42. The molecule has 0 atom stereocenters. The molecule has 0 radical (unpaired) electrons. The molecule has 0 bridgehead atoms. The van der Waals surface area contributed by atoms with Crippen molar-refractivity contribution in [3.8, 4) is 11.5 Å². The smallest absolute Gasteiger partial charge is 0.337 e. The first-order valence-electron chi connectivity index (χ1n) is 6.36. The fourth-order valence-electron chi connectivity index (χ4n) is 1.96. The number of nitro benzene ring substituents is 1. The Labute approximate surface area is 128 Å². The number of fused-ring (bicyclic) bond motifs is 1. The van der Waals surface area contributed by atoms with E-state index in [1.807, 2.05) is 0 Å². The van der Waals surface area contributed by atoms with Gasteiger partial charge in [-0.15, -0.1) is 0 Å². The maximum absolute atomic E-state index is 11.4. The lowest BCUT2D eigenvalue weighted by Gasteiger charge is -2.06. The van der Waals surface area contributed by atoms with E-state index < -0.39 is 10.9 Å². The molecule has 23 heavy (non-hydrogen) atoms. The van der Waals surface area contributed by atoms with Crippen LogP contribution in [0.2, 0.25) is 0 Å². The number of nitrogens with zero attached hydrogens (tertiary/aromatic N) is 3. The summed E-state index contributed by atoms with van der Waals surface area (Å²) < 4.78 is 14.8. The van der Waals surface area contributed by atoms with Gasteiger partial charge in [0.2, 0.25) is 5.52 Å². The first kappa shape index (κ1) is 14.4. The number of aromatic nitrogens is 2. The van der Waals surface area contributed by atoms with Crippen LogP contribution in [0.25, 0.3) is 11.0 Å². The van der Waals surface area contributed by atoms with Crippen molar-refractivity contribution in [2.75, 3.05) is 7.11 Å². The Hall–Kier alpha value is -3.49. The van der Waals surface area contributed by atoms with E-state index in [0.29, 0.717) is 11.3 Å². The Balaban J connectivity index is 1.93. The number of ether oxygens (including phenoxy) is 2. The number of methoxy groups -OCH3 is 1. The third-order valence-electron chi connectivity index (χ3n) is 3.06. The number of nitro groups is 1. The van der Waals surface area contributed by atoms with Crippen LogP contribution in [0.4, 0.5) is 5.69 Å². The molecule has 0 fully saturated rings. The average Bonchev–Trinajstić information content (AvgIpc) is 3.04. The van der Waals surface area contributed by atoms with Gasteiger partial charge in [0.15, 0.2) is 11.3 Å². The zero-order valence-electron chi connectivity index (χ0n) is 11.8. The summed E-state index contributed by atoms with van der Waals surface area (Å²) in [5.41, 5.74) is 0.279. The van der Waals surface area contributed by atoms with Gasteiger partial charge in [0.05, 0.1) is 17.6 Å². The Bertz CT molecular complexity index is 887. The minimum atomic E-state index is -0.582. The van der Waals surface area contributed by atoms with E-state index in [4.69, 9.17) is 4.74 Å². The zero-order valence-corrected chi connectivity index (χ0v) is 11.8. The SMILES string of the molecule is COC(=O)c1ccc(Oc2ccc([N+](=O)[O-])c3nonc23)cc1. The van der Waals surface area contributed by atoms with Gasteiger partial charge in [-0.25, -0.2) is 9.42 Å². The van der Waals surface area contributed by atoms with Crippen LogP contribution in [-0.4, -0.2) is 28.3 Å². The fourth-order valence-corrected chi connectivity index (χ4v) is 1.96.